The second-order valence-electron chi connectivity index (χ2n) is 5.93. The number of aryl methyl sites for hydroxylation is 1. The Morgan fingerprint density at radius 2 is 2.16 bits per heavy atom. The van der Waals surface area contributed by atoms with Crippen LogP contribution < -0.4 is 5.32 Å². The summed E-state index contributed by atoms with van der Waals surface area (Å²) in [7, 11) is 0. The van der Waals surface area contributed by atoms with Crippen molar-refractivity contribution in [2.24, 2.45) is 11.3 Å². The van der Waals surface area contributed by atoms with Gasteiger partial charge >= 0.3 is 0 Å². The lowest BCUT2D eigenvalue weighted by Gasteiger charge is -2.37. The number of halogens is 1. The number of amides is 1. The maximum absolute atomic E-state index is 12.4. The molecule has 0 radical (unpaired) electrons. The molecule has 1 heterocycles. The number of hydrogen-bond donors (Lipinski definition) is 1. The summed E-state index contributed by atoms with van der Waals surface area (Å²) in [5.74, 6) is 0.326. The highest BCUT2D eigenvalue weighted by Gasteiger charge is 2.37. The molecule has 0 spiro atoms. The third-order valence-corrected chi connectivity index (χ3v) is 4.08. The van der Waals surface area contributed by atoms with E-state index >= 15 is 0 Å². The summed E-state index contributed by atoms with van der Waals surface area (Å²) in [5.41, 5.74) is 0.786. The van der Waals surface area contributed by atoms with E-state index in [-0.39, 0.29) is 17.2 Å². The van der Waals surface area contributed by atoms with E-state index in [0.717, 1.165) is 25.0 Å². The van der Waals surface area contributed by atoms with Gasteiger partial charge in [0.25, 0.3) is 0 Å². The van der Waals surface area contributed by atoms with Gasteiger partial charge in [0.05, 0.1) is 0 Å². The Bertz CT molecular complexity index is 467. The van der Waals surface area contributed by atoms with Crippen LogP contribution in [0.25, 0.3) is 0 Å². The summed E-state index contributed by atoms with van der Waals surface area (Å²) in [6.45, 7) is 6.13. The van der Waals surface area contributed by atoms with Crippen LogP contribution in [-0.2, 0) is 4.79 Å². The Morgan fingerprint density at radius 3 is 2.79 bits per heavy atom. The minimum atomic E-state index is 0.00590. The van der Waals surface area contributed by atoms with E-state index in [1.165, 1.54) is 6.42 Å². The molecular formula is C14H20ClN3O. The first-order chi connectivity index (χ1) is 8.88. The highest BCUT2D eigenvalue weighted by Crippen LogP contribution is 2.40. The summed E-state index contributed by atoms with van der Waals surface area (Å²) >= 11 is 5.87. The number of anilines is 1. The molecule has 1 unspecified atom stereocenters. The van der Waals surface area contributed by atoms with E-state index < -0.39 is 0 Å². The fourth-order valence-electron chi connectivity index (χ4n) is 2.76. The lowest BCUT2D eigenvalue weighted by atomic mass is 9.68. The molecule has 4 nitrogen and oxygen atoms in total. The van der Waals surface area contributed by atoms with Gasteiger partial charge < -0.3 is 0 Å². The van der Waals surface area contributed by atoms with Gasteiger partial charge in [-0.25, -0.2) is 9.97 Å². The Morgan fingerprint density at radius 1 is 1.42 bits per heavy atom. The summed E-state index contributed by atoms with van der Waals surface area (Å²) in [5, 5.41) is 3.16. The Hall–Kier alpha value is -1.16. The molecule has 1 aromatic heterocycles. The molecule has 19 heavy (non-hydrogen) atoms. The van der Waals surface area contributed by atoms with Gasteiger partial charge in [-0.1, -0.05) is 38.3 Å². The second kappa shape index (κ2) is 5.45. The molecule has 1 N–H and O–H groups in total. The zero-order valence-electron chi connectivity index (χ0n) is 11.7. The molecule has 1 amide bonds. The van der Waals surface area contributed by atoms with Gasteiger partial charge in [0.2, 0.25) is 11.9 Å². The molecule has 5 heteroatoms. The van der Waals surface area contributed by atoms with Crippen LogP contribution in [0, 0.1) is 18.3 Å². The van der Waals surface area contributed by atoms with Gasteiger partial charge in [0.15, 0.2) is 0 Å². The van der Waals surface area contributed by atoms with Crippen molar-refractivity contribution in [3.63, 3.8) is 0 Å². The van der Waals surface area contributed by atoms with Crippen LogP contribution in [0.2, 0.25) is 5.15 Å². The lowest BCUT2D eigenvalue weighted by molar-refractivity contribution is -0.124. The molecule has 2 rings (SSSR count). The van der Waals surface area contributed by atoms with Gasteiger partial charge in [-0.05, 0) is 31.2 Å². The third-order valence-electron chi connectivity index (χ3n) is 3.88. The molecule has 104 valence electrons. The number of nitrogens with one attached hydrogen (secondary N) is 1. The minimum absolute atomic E-state index is 0.00590. The smallest absolute Gasteiger partial charge is 0.231 e. The minimum Gasteiger partial charge on any atom is -0.294 e. The first-order valence-corrected chi connectivity index (χ1v) is 7.08. The van der Waals surface area contributed by atoms with Crippen molar-refractivity contribution in [3.8, 4) is 0 Å². The number of carbonyl (C=O) groups excluding carboxylic acids is 1. The number of carbonyl (C=O) groups is 1. The topological polar surface area (TPSA) is 54.9 Å². The maximum atomic E-state index is 12.4. The highest BCUT2D eigenvalue weighted by molar-refractivity contribution is 6.29. The van der Waals surface area contributed by atoms with E-state index in [4.69, 9.17) is 11.6 Å². The van der Waals surface area contributed by atoms with Crippen molar-refractivity contribution in [2.75, 3.05) is 5.32 Å². The monoisotopic (exact) mass is 281 g/mol. The Balaban J connectivity index is 2.12. The quantitative estimate of drug-likeness (QED) is 0.843. The standard InChI is InChI=1S/C14H20ClN3O/c1-9-8-11(15)17-13(16-9)18-12(19)10-6-4-5-7-14(10,2)3/h8,10H,4-7H2,1-3H3,(H,16,17,18,19). The van der Waals surface area contributed by atoms with E-state index in [2.05, 4.69) is 29.1 Å². The molecule has 0 saturated heterocycles. The molecule has 1 aliphatic carbocycles. The van der Waals surface area contributed by atoms with Gasteiger partial charge in [-0.15, -0.1) is 0 Å². The van der Waals surface area contributed by atoms with Gasteiger partial charge in [-0.2, -0.15) is 0 Å². The van der Waals surface area contributed by atoms with Crippen LogP contribution in [0.4, 0.5) is 5.95 Å². The van der Waals surface area contributed by atoms with Crippen molar-refractivity contribution in [1.29, 1.82) is 0 Å². The number of nitrogens with zero attached hydrogens (tertiary/aromatic N) is 2. The number of hydrogen-bond acceptors (Lipinski definition) is 3. The average molecular weight is 282 g/mol. The maximum Gasteiger partial charge on any atom is 0.231 e. The van der Waals surface area contributed by atoms with Crippen molar-refractivity contribution >= 4 is 23.5 Å². The van der Waals surface area contributed by atoms with E-state index in [1.54, 1.807) is 6.07 Å². The highest BCUT2D eigenvalue weighted by atomic mass is 35.5. The van der Waals surface area contributed by atoms with Crippen LogP contribution in [0.1, 0.15) is 45.2 Å². The molecular weight excluding hydrogens is 262 g/mol. The second-order valence-corrected chi connectivity index (χ2v) is 6.32. The molecule has 1 aromatic rings. The SMILES string of the molecule is Cc1cc(Cl)nc(NC(=O)C2CCCCC2(C)C)n1. The first kappa shape index (κ1) is 14.3. The van der Waals surface area contributed by atoms with Crippen molar-refractivity contribution in [2.45, 2.75) is 46.5 Å². The number of aromatic nitrogens is 2. The molecule has 0 aliphatic heterocycles. The van der Waals surface area contributed by atoms with Gasteiger partial charge in [0, 0.05) is 11.6 Å². The average Bonchev–Trinajstić information content (AvgIpc) is 2.26. The molecule has 0 bridgehead atoms. The van der Waals surface area contributed by atoms with E-state index in [9.17, 15) is 4.79 Å². The molecule has 1 atom stereocenters. The molecule has 0 aromatic carbocycles. The van der Waals surface area contributed by atoms with Gasteiger partial charge in [-0.3, -0.25) is 10.1 Å². The van der Waals surface area contributed by atoms with E-state index in [0.29, 0.717) is 11.1 Å². The summed E-state index contributed by atoms with van der Waals surface area (Å²) in [4.78, 5) is 20.6. The van der Waals surface area contributed by atoms with Crippen LogP contribution in [0.3, 0.4) is 0 Å². The zero-order valence-corrected chi connectivity index (χ0v) is 12.4. The van der Waals surface area contributed by atoms with E-state index in [1.807, 2.05) is 6.92 Å². The molecule has 1 aliphatic rings. The van der Waals surface area contributed by atoms with Gasteiger partial charge in [0.1, 0.15) is 5.15 Å². The largest absolute Gasteiger partial charge is 0.294 e. The fourth-order valence-corrected chi connectivity index (χ4v) is 3.00. The van der Waals surface area contributed by atoms with Crippen LogP contribution in [0.5, 0.6) is 0 Å². The Kier molecular flexibility index (Phi) is 4.09. The van der Waals surface area contributed by atoms with Crippen LogP contribution in [-0.4, -0.2) is 15.9 Å². The lowest BCUT2D eigenvalue weighted by Crippen LogP contribution is -2.37. The predicted molar refractivity (Wildman–Crippen MR) is 76.1 cm³/mol. The normalized spacial score (nSPS) is 22.0. The summed E-state index contributed by atoms with van der Waals surface area (Å²) < 4.78 is 0. The fraction of sp³-hybridized carbons (Fsp3) is 0.643. The van der Waals surface area contributed by atoms with Crippen LogP contribution >= 0.6 is 11.6 Å². The summed E-state index contributed by atoms with van der Waals surface area (Å²) in [6, 6.07) is 1.67. The molecule has 1 saturated carbocycles. The zero-order chi connectivity index (χ0) is 14.0. The third kappa shape index (κ3) is 3.44. The molecule has 1 fully saturated rings. The predicted octanol–water partition coefficient (Wildman–Crippen LogP) is 3.59. The van der Waals surface area contributed by atoms with Crippen molar-refractivity contribution in [3.05, 3.63) is 16.9 Å². The van der Waals surface area contributed by atoms with Crippen molar-refractivity contribution < 1.29 is 4.79 Å². The number of rotatable bonds is 2. The summed E-state index contributed by atoms with van der Waals surface area (Å²) in [6.07, 6.45) is 4.32. The van der Waals surface area contributed by atoms with Crippen molar-refractivity contribution in [1.82, 2.24) is 9.97 Å². The first-order valence-electron chi connectivity index (χ1n) is 6.70. The Labute approximate surface area is 119 Å². The van der Waals surface area contributed by atoms with Crippen LogP contribution in [0.15, 0.2) is 6.07 Å².